The first kappa shape index (κ1) is 26.5. The highest BCUT2D eigenvalue weighted by atomic mass is 35.5. The van der Waals surface area contributed by atoms with Crippen LogP contribution in [0.4, 0.5) is 0 Å². The molecule has 2 aromatic carbocycles. The molecule has 0 aliphatic carbocycles. The Morgan fingerprint density at radius 1 is 1.15 bits per heavy atom. The standard InChI is InChI=1S/C29H25ClN2O6S/c1-5-37-28(34)25-16(2)31-29-32(26(25)21-14-19(35-3)9-12-23(21)36-4)27(33)24(39-29)15-20-10-11-22(38-20)17-7-6-8-18(30)13-17/h6-15,26H,5H2,1-4H3/b24-15-. The molecule has 2 aromatic heterocycles. The van der Waals surface area contributed by atoms with Crippen LogP contribution in [0.2, 0.25) is 5.02 Å². The molecule has 0 radical (unpaired) electrons. The van der Waals surface area contributed by atoms with Gasteiger partial charge in [0.15, 0.2) is 4.80 Å². The molecule has 0 N–H and O–H groups in total. The van der Waals surface area contributed by atoms with E-state index in [0.717, 1.165) is 5.56 Å². The molecule has 5 rings (SSSR count). The van der Waals surface area contributed by atoms with Crippen LogP contribution in [-0.4, -0.2) is 31.4 Å². The van der Waals surface area contributed by atoms with Gasteiger partial charge in [0.05, 0.1) is 36.6 Å². The summed E-state index contributed by atoms with van der Waals surface area (Å²) in [5.41, 5.74) is 1.77. The van der Waals surface area contributed by atoms with Gasteiger partial charge < -0.3 is 18.6 Å². The number of hydrogen-bond donors (Lipinski definition) is 0. The number of allylic oxidation sites excluding steroid dienone is 1. The Kier molecular flexibility index (Phi) is 7.45. The Morgan fingerprint density at radius 3 is 2.69 bits per heavy atom. The van der Waals surface area contributed by atoms with Gasteiger partial charge in [-0.3, -0.25) is 9.36 Å². The van der Waals surface area contributed by atoms with E-state index in [1.807, 2.05) is 18.2 Å². The number of hydrogen-bond acceptors (Lipinski definition) is 8. The SMILES string of the molecule is CCOC(=O)C1=C(C)N=c2s/c(=C\c3ccc(-c4cccc(Cl)c4)o3)c(=O)n2C1c1cc(OC)ccc1OC. The van der Waals surface area contributed by atoms with Gasteiger partial charge in [-0.15, -0.1) is 0 Å². The van der Waals surface area contributed by atoms with Crippen LogP contribution in [0.5, 0.6) is 11.5 Å². The highest BCUT2D eigenvalue weighted by Gasteiger charge is 2.35. The van der Waals surface area contributed by atoms with Crippen LogP contribution in [-0.2, 0) is 9.53 Å². The number of halogens is 1. The van der Waals surface area contributed by atoms with E-state index in [9.17, 15) is 9.59 Å². The number of nitrogens with zero attached hydrogens (tertiary/aromatic N) is 2. The highest BCUT2D eigenvalue weighted by molar-refractivity contribution is 7.07. The van der Waals surface area contributed by atoms with Crippen molar-refractivity contribution in [3.63, 3.8) is 0 Å². The van der Waals surface area contributed by atoms with Crippen LogP contribution in [0, 0.1) is 0 Å². The van der Waals surface area contributed by atoms with Crippen molar-refractivity contribution < 1.29 is 23.4 Å². The number of furan rings is 1. The third-order valence-electron chi connectivity index (χ3n) is 6.26. The van der Waals surface area contributed by atoms with E-state index >= 15 is 0 Å². The van der Waals surface area contributed by atoms with E-state index in [0.29, 0.717) is 48.6 Å². The Labute approximate surface area is 233 Å². The van der Waals surface area contributed by atoms with Gasteiger partial charge >= 0.3 is 5.97 Å². The van der Waals surface area contributed by atoms with Crippen LogP contribution < -0.4 is 24.4 Å². The predicted molar refractivity (Wildman–Crippen MR) is 149 cm³/mol. The highest BCUT2D eigenvalue weighted by Crippen LogP contribution is 2.37. The van der Waals surface area contributed by atoms with Gasteiger partial charge in [-0.05, 0) is 56.3 Å². The smallest absolute Gasteiger partial charge is 0.338 e. The molecule has 0 fully saturated rings. The summed E-state index contributed by atoms with van der Waals surface area (Å²) >= 11 is 7.33. The Balaban J connectivity index is 1.69. The Morgan fingerprint density at radius 2 is 1.97 bits per heavy atom. The fourth-order valence-electron chi connectivity index (χ4n) is 4.50. The second kappa shape index (κ2) is 11.0. The summed E-state index contributed by atoms with van der Waals surface area (Å²) < 4.78 is 24.3. The van der Waals surface area contributed by atoms with E-state index in [4.69, 9.17) is 30.2 Å². The summed E-state index contributed by atoms with van der Waals surface area (Å²) in [6.07, 6.45) is 1.67. The van der Waals surface area contributed by atoms with Gasteiger partial charge in [0.2, 0.25) is 0 Å². The molecule has 0 bridgehead atoms. The first-order valence-corrected chi connectivity index (χ1v) is 13.3. The van der Waals surface area contributed by atoms with Crippen molar-refractivity contribution in [2.45, 2.75) is 19.9 Å². The fourth-order valence-corrected chi connectivity index (χ4v) is 5.71. The number of ether oxygens (including phenoxy) is 3. The third-order valence-corrected chi connectivity index (χ3v) is 7.48. The molecule has 1 unspecified atom stereocenters. The molecule has 0 saturated heterocycles. The van der Waals surface area contributed by atoms with Gasteiger partial charge in [0, 0.05) is 22.2 Å². The van der Waals surface area contributed by atoms with Gasteiger partial charge in [0.1, 0.15) is 29.1 Å². The molecule has 200 valence electrons. The maximum Gasteiger partial charge on any atom is 0.338 e. The lowest BCUT2D eigenvalue weighted by atomic mass is 9.95. The van der Waals surface area contributed by atoms with E-state index in [1.165, 1.54) is 23.0 Å². The number of carbonyl (C=O) groups excluding carboxylic acids is 1. The molecule has 1 atom stereocenters. The zero-order valence-corrected chi connectivity index (χ0v) is 23.3. The zero-order chi connectivity index (χ0) is 27.7. The van der Waals surface area contributed by atoms with Gasteiger partial charge in [-0.2, -0.15) is 0 Å². The number of methoxy groups -OCH3 is 2. The zero-order valence-electron chi connectivity index (χ0n) is 21.7. The Bertz CT molecular complexity index is 1780. The van der Waals surface area contributed by atoms with Crippen LogP contribution in [0.15, 0.2) is 80.1 Å². The van der Waals surface area contributed by atoms with Crippen LogP contribution in [0.3, 0.4) is 0 Å². The molecule has 0 saturated carbocycles. The first-order chi connectivity index (χ1) is 18.8. The van der Waals surface area contributed by atoms with Gasteiger partial charge in [-0.25, -0.2) is 9.79 Å². The molecular formula is C29H25ClN2O6S. The topological polar surface area (TPSA) is 92.3 Å². The summed E-state index contributed by atoms with van der Waals surface area (Å²) in [4.78, 5) is 32.1. The normalized spacial score (nSPS) is 15.1. The summed E-state index contributed by atoms with van der Waals surface area (Å²) in [7, 11) is 3.08. The van der Waals surface area contributed by atoms with Crippen LogP contribution in [0.25, 0.3) is 17.4 Å². The maximum absolute atomic E-state index is 13.9. The van der Waals surface area contributed by atoms with E-state index < -0.39 is 12.0 Å². The molecule has 1 aliphatic heterocycles. The van der Waals surface area contributed by atoms with Crippen molar-refractivity contribution in [1.82, 2.24) is 4.57 Å². The average molecular weight is 565 g/mol. The van der Waals surface area contributed by atoms with Crippen molar-refractivity contribution in [3.05, 3.63) is 102 Å². The number of carbonyl (C=O) groups is 1. The van der Waals surface area contributed by atoms with Gasteiger partial charge in [0.25, 0.3) is 5.56 Å². The predicted octanol–water partition coefficient (Wildman–Crippen LogP) is 4.73. The molecule has 4 aromatic rings. The second-order valence-electron chi connectivity index (χ2n) is 8.62. The van der Waals surface area contributed by atoms with Crippen molar-refractivity contribution in [2.24, 2.45) is 4.99 Å². The van der Waals surface area contributed by atoms with E-state index in [-0.39, 0.29) is 17.7 Å². The van der Waals surface area contributed by atoms with E-state index in [1.54, 1.807) is 63.4 Å². The van der Waals surface area contributed by atoms with Crippen molar-refractivity contribution in [1.29, 1.82) is 0 Å². The number of thiazole rings is 1. The minimum Gasteiger partial charge on any atom is -0.497 e. The van der Waals surface area contributed by atoms with E-state index in [2.05, 4.69) is 4.99 Å². The number of benzene rings is 2. The number of rotatable bonds is 7. The fraction of sp³-hybridized carbons (Fsp3) is 0.207. The maximum atomic E-state index is 13.9. The molecule has 0 amide bonds. The van der Waals surface area contributed by atoms with Crippen molar-refractivity contribution in [3.8, 4) is 22.8 Å². The third kappa shape index (κ3) is 5.03. The molecule has 39 heavy (non-hydrogen) atoms. The quantitative estimate of drug-likeness (QED) is 0.301. The lowest BCUT2D eigenvalue weighted by molar-refractivity contribution is -0.139. The summed E-state index contributed by atoms with van der Waals surface area (Å²) in [5.74, 6) is 1.60. The molecular weight excluding hydrogens is 540 g/mol. The Hall–Kier alpha value is -4.08. The lowest BCUT2D eigenvalue weighted by Gasteiger charge is -2.26. The van der Waals surface area contributed by atoms with Crippen LogP contribution in [0.1, 0.15) is 31.2 Å². The molecule has 8 nitrogen and oxygen atoms in total. The minimum atomic E-state index is -0.842. The van der Waals surface area contributed by atoms with Crippen molar-refractivity contribution in [2.75, 3.05) is 20.8 Å². The minimum absolute atomic E-state index is 0.176. The molecule has 0 spiro atoms. The number of fused-ring (bicyclic) bond motifs is 1. The molecule has 3 heterocycles. The van der Waals surface area contributed by atoms with Crippen LogP contribution >= 0.6 is 22.9 Å². The monoisotopic (exact) mass is 564 g/mol. The second-order valence-corrected chi connectivity index (χ2v) is 10.1. The van der Waals surface area contributed by atoms with Crippen molar-refractivity contribution >= 4 is 35.0 Å². The summed E-state index contributed by atoms with van der Waals surface area (Å²) in [6, 6.07) is 15.3. The number of esters is 1. The number of aromatic nitrogens is 1. The molecule has 10 heteroatoms. The largest absolute Gasteiger partial charge is 0.497 e. The molecule has 1 aliphatic rings. The average Bonchev–Trinajstić information content (AvgIpc) is 3.52. The lowest BCUT2D eigenvalue weighted by Crippen LogP contribution is -2.40. The summed E-state index contributed by atoms with van der Waals surface area (Å²) in [5, 5.41) is 0.597. The summed E-state index contributed by atoms with van der Waals surface area (Å²) in [6.45, 7) is 3.63. The first-order valence-electron chi connectivity index (χ1n) is 12.1. The van der Waals surface area contributed by atoms with Gasteiger partial charge in [-0.1, -0.05) is 35.1 Å².